The number of hydrogen-bond donors (Lipinski definition) is 1. The normalized spacial score (nSPS) is 23.3. The number of rotatable bonds is 4. The van der Waals surface area contributed by atoms with Crippen molar-refractivity contribution in [3.05, 3.63) is 48.3 Å². The molecule has 112 valence electrons. The van der Waals surface area contributed by atoms with Crippen LogP contribution in [0.3, 0.4) is 0 Å². The Morgan fingerprint density at radius 2 is 2.10 bits per heavy atom. The third-order valence-corrected chi connectivity index (χ3v) is 4.26. The Bertz CT molecular complexity index is 561. The van der Waals surface area contributed by atoms with Crippen LogP contribution >= 0.6 is 0 Å². The van der Waals surface area contributed by atoms with Crippen LogP contribution in [0.1, 0.15) is 37.8 Å². The summed E-state index contributed by atoms with van der Waals surface area (Å²) in [4.78, 5) is 2.51. The van der Waals surface area contributed by atoms with Crippen LogP contribution in [0.5, 0.6) is 0 Å². The van der Waals surface area contributed by atoms with Crippen LogP contribution in [-0.2, 0) is 0 Å². The van der Waals surface area contributed by atoms with E-state index in [2.05, 4.69) is 35.3 Å². The third-order valence-electron chi connectivity index (χ3n) is 4.26. The molecule has 3 rings (SSSR count). The first-order valence-electron chi connectivity index (χ1n) is 7.89. The molecular weight excluding hydrogens is 260 g/mol. The minimum absolute atomic E-state index is 0.207. The van der Waals surface area contributed by atoms with Gasteiger partial charge in [0.15, 0.2) is 0 Å². The maximum absolute atomic E-state index is 6.40. The molecule has 1 saturated heterocycles. The number of nitrogens with zero attached hydrogens (tertiary/aromatic N) is 3. The first-order valence-corrected chi connectivity index (χ1v) is 7.89. The van der Waals surface area contributed by atoms with E-state index in [1.165, 1.54) is 12.0 Å². The van der Waals surface area contributed by atoms with Gasteiger partial charge in [0.05, 0.1) is 17.9 Å². The topological polar surface area (TPSA) is 47.1 Å². The Labute approximate surface area is 126 Å². The standard InChI is InChI=1S/C17H24N4/c1-2-10-20-11-6-9-16(18)17(20)14-12-19-21(13-14)15-7-4-3-5-8-15/h3-5,7-8,12-13,16-17H,2,6,9-11,18H2,1H3. The van der Waals surface area contributed by atoms with E-state index in [0.29, 0.717) is 6.04 Å². The zero-order valence-electron chi connectivity index (χ0n) is 12.7. The third kappa shape index (κ3) is 3.01. The average Bonchev–Trinajstić information content (AvgIpc) is 2.98. The summed E-state index contributed by atoms with van der Waals surface area (Å²) < 4.78 is 1.95. The van der Waals surface area contributed by atoms with E-state index in [0.717, 1.165) is 31.6 Å². The van der Waals surface area contributed by atoms with Crippen molar-refractivity contribution >= 4 is 0 Å². The highest BCUT2D eigenvalue weighted by Crippen LogP contribution is 2.30. The number of benzene rings is 1. The number of likely N-dealkylation sites (tertiary alicyclic amines) is 1. The maximum atomic E-state index is 6.40. The van der Waals surface area contributed by atoms with Crippen LogP contribution in [0.2, 0.25) is 0 Å². The van der Waals surface area contributed by atoms with Crippen LogP contribution < -0.4 is 5.73 Å². The van der Waals surface area contributed by atoms with E-state index < -0.39 is 0 Å². The molecule has 2 heterocycles. The van der Waals surface area contributed by atoms with Crippen LogP contribution in [0, 0.1) is 0 Å². The fraction of sp³-hybridized carbons (Fsp3) is 0.471. The summed E-state index contributed by atoms with van der Waals surface area (Å²) in [5, 5.41) is 4.53. The number of hydrogen-bond acceptors (Lipinski definition) is 3. The number of nitrogens with two attached hydrogens (primary N) is 1. The van der Waals surface area contributed by atoms with E-state index in [4.69, 9.17) is 5.73 Å². The number of piperidine rings is 1. The summed E-state index contributed by atoms with van der Waals surface area (Å²) in [6.45, 7) is 4.47. The van der Waals surface area contributed by atoms with Crippen molar-refractivity contribution in [3.63, 3.8) is 0 Å². The molecule has 0 saturated carbocycles. The molecule has 4 nitrogen and oxygen atoms in total. The molecular formula is C17H24N4. The van der Waals surface area contributed by atoms with Crippen molar-refractivity contribution in [2.24, 2.45) is 5.73 Å². The monoisotopic (exact) mass is 284 g/mol. The predicted octanol–water partition coefficient (Wildman–Crippen LogP) is 2.75. The Morgan fingerprint density at radius 3 is 2.86 bits per heavy atom. The molecule has 0 radical (unpaired) electrons. The van der Waals surface area contributed by atoms with Crippen LogP contribution in [-0.4, -0.2) is 33.8 Å². The van der Waals surface area contributed by atoms with Crippen LogP contribution in [0.25, 0.3) is 5.69 Å². The molecule has 1 aromatic heterocycles. The van der Waals surface area contributed by atoms with Crippen molar-refractivity contribution < 1.29 is 0 Å². The fourth-order valence-corrected chi connectivity index (χ4v) is 3.31. The van der Waals surface area contributed by atoms with Gasteiger partial charge in [-0.25, -0.2) is 4.68 Å². The van der Waals surface area contributed by atoms with E-state index in [1.54, 1.807) is 0 Å². The smallest absolute Gasteiger partial charge is 0.0645 e. The molecule has 0 amide bonds. The Morgan fingerprint density at radius 1 is 1.29 bits per heavy atom. The maximum Gasteiger partial charge on any atom is 0.0645 e. The average molecular weight is 284 g/mol. The van der Waals surface area contributed by atoms with Gasteiger partial charge >= 0.3 is 0 Å². The van der Waals surface area contributed by atoms with Gasteiger partial charge in [0.1, 0.15) is 0 Å². The van der Waals surface area contributed by atoms with Crippen molar-refractivity contribution in [1.29, 1.82) is 0 Å². The second-order valence-electron chi connectivity index (χ2n) is 5.84. The minimum atomic E-state index is 0.207. The summed E-state index contributed by atoms with van der Waals surface area (Å²) in [6, 6.07) is 10.7. The van der Waals surface area contributed by atoms with Crippen molar-refractivity contribution in [3.8, 4) is 5.69 Å². The lowest BCUT2D eigenvalue weighted by Crippen LogP contribution is -2.45. The lowest BCUT2D eigenvalue weighted by Gasteiger charge is -2.39. The first kappa shape index (κ1) is 14.3. The fourth-order valence-electron chi connectivity index (χ4n) is 3.31. The summed E-state index contributed by atoms with van der Waals surface area (Å²) in [6.07, 6.45) is 7.57. The van der Waals surface area contributed by atoms with Gasteiger partial charge in [-0.2, -0.15) is 5.10 Å². The predicted molar refractivity (Wildman–Crippen MR) is 85.4 cm³/mol. The second-order valence-corrected chi connectivity index (χ2v) is 5.84. The molecule has 2 atom stereocenters. The van der Waals surface area contributed by atoms with Crippen LogP contribution in [0.15, 0.2) is 42.7 Å². The molecule has 0 bridgehead atoms. The van der Waals surface area contributed by atoms with Gasteiger partial charge in [-0.1, -0.05) is 25.1 Å². The molecule has 2 aromatic rings. The van der Waals surface area contributed by atoms with E-state index in [1.807, 2.05) is 29.1 Å². The molecule has 2 unspecified atom stereocenters. The van der Waals surface area contributed by atoms with Crippen molar-refractivity contribution in [1.82, 2.24) is 14.7 Å². The summed E-state index contributed by atoms with van der Waals surface area (Å²) in [5.74, 6) is 0. The summed E-state index contributed by atoms with van der Waals surface area (Å²) in [7, 11) is 0. The number of aromatic nitrogens is 2. The zero-order valence-corrected chi connectivity index (χ0v) is 12.7. The molecule has 21 heavy (non-hydrogen) atoms. The molecule has 1 fully saturated rings. The van der Waals surface area contributed by atoms with Crippen LogP contribution in [0.4, 0.5) is 0 Å². The number of para-hydroxylation sites is 1. The highest BCUT2D eigenvalue weighted by molar-refractivity contribution is 5.31. The second kappa shape index (κ2) is 6.41. The molecule has 1 aromatic carbocycles. The quantitative estimate of drug-likeness (QED) is 0.939. The molecule has 1 aliphatic rings. The van der Waals surface area contributed by atoms with E-state index in [9.17, 15) is 0 Å². The lowest BCUT2D eigenvalue weighted by atomic mass is 9.92. The highest BCUT2D eigenvalue weighted by atomic mass is 15.3. The zero-order chi connectivity index (χ0) is 14.7. The first-order chi connectivity index (χ1) is 10.3. The Kier molecular flexibility index (Phi) is 4.36. The molecule has 0 spiro atoms. The van der Waals surface area contributed by atoms with Crippen molar-refractivity contribution in [2.45, 2.75) is 38.3 Å². The SMILES string of the molecule is CCCN1CCCC(N)C1c1cnn(-c2ccccc2)c1. The van der Waals surface area contributed by atoms with Gasteiger partial charge in [0.2, 0.25) is 0 Å². The van der Waals surface area contributed by atoms with Gasteiger partial charge in [0.25, 0.3) is 0 Å². The largest absolute Gasteiger partial charge is 0.326 e. The summed E-state index contributed by atoms with van der Waals surface area (Å²) in [5.41, 5.74) is 8.73. The van der Waals surface area contributed by atoms with Gasteiger partial charge < -0.3 is 5.73 Å². The van der Waals surface area contributed by atoms with Gasteiger partial charge in [0, 0.05) is 17.8 Å². The minimum Gasteiger partial charge on any atom is -0.326 e. The summed E-state index contributed by atoms with van der Waals surface area (Å²) >= 11 is 0. The Hall–Kier alpha value is -1.65. The molecule has 1 aliphatic heterocycles. The molecule has 0 aliphatic carbocycles. The highest BCUT2D eigenvalue weighted by Gasteiger charge is 2.30. The van der Waals surface area contributed by atoms with Gasteiger partial charge in [-0.3, -0.25) is 4.90 Å². The molecule has 4 heteroatoms. The van der Waals surface area contributed by atoms with E-state index in [-0.39, 0.29) is 6.04 Å². The van der Waals surface area contributed by atoms with E-state index >= 15 is 0 Å². The van der Waals surface area contributed by atoms with Gasteiger partial charge in [-0.05, 0) is 44.5 Å². The lowest BCUT2D eigenvalue weighted by molar-refractivity contribution is 0.128. The Balaban J connectivity index is 1.86. The molecule has 2 N–H and O–H groups in total. The van der Waals surface area contributed by atoms with Crippen molar-refractivity contribution in [2.75, 3.05) is 13.1 Å². The van der Waals surface area contributed by atoms with Gasteiger partial charge in [-0.15, -0.1) is 0 Å².